The second-order valence-corrected chi connectivity index (χ2v) is 7.66. The number of piperidine rings is 1. The van der Waals surface area contributed by atoms with Gasteiger partial charge in [0.2, 0.25) is 11.8 Å². The molecule has 3 aromatic rings. The van der Waals surface area contributed by atoms with Crippen LogP contribution in [-0.4, -0.2) is 33.6 Å². The normalized spacial score (nSPS) is 18.9. The third-order valence-corrected chi connectivity index (χ3v) is 5.67. The predicted molar refractivity (Wildman–Crippen MR) is 108 cm³/mol. The van der Waals surface area contributed by atoms with E-state index in [9.17, 15) is 14.4 Å². The maximum absolute atomic E-state index is 12.8. The van der Waals surface area contributed by atoms with E-state index in [-0.39, 0.29) is 18.2 Å². The fraction of sp³-hybridized carbons (Fsp3) is 0.217. The summed E-state index contributed by atoms with van der Waals surface area (Å²) in [5.74, 6) is -0.840. The molecule has 1 fully saturated rings. The zero-order valence-corrected chi connectivity index (χ0v) is 15.9. The SMILES string of the molecule is Cc1ccc2ccc(-c3ccc4c(c3)CN(C3CCC(=O)NC3=O)C4=O)nc2c1. The number of hydrogen-bond acceptors (Lipinski definition) is 4. The van der Waals surface area contributed by atoms with Gasteiger partial charge in [-0.3, -0.25) is 19.7 Å². The Balaban J connectivity index is 1.47. The van der Waals surface area contributed by atoms with E-state index in [2.05, 4.69) is 23.5 Å². The third kappa shape index (κ3) is 2.97. The van der Waals surface area contributed by atoms with E-state index in [1.807, 2.05) is 31.2 Å². The van der Waals surface area contributed by atoms with Crippen molar-refractivity contribution in [3.8, 4) is 11.3 Å². The van der Waals surface area contributed by atoms with Crippen molar-refractivity contribution in [2.75, 3.05) is 0 Å². The first-order valence-electron chi connectivity index (χ1n) is 9.65. The lowest BCUT2D eigenvalue weighted by Gasteiger charge is -2.29. The number of rotatable bonds is 2. The number of carbonyl (C=O) groups is 3. The number of nitrogens with one attached hydrogen (secondary N) is 1. The van der Waals surface area contributed by atoms with Gasteiger partial charge in [0.1, 0.15) is 6.04 Å². The summed E-state index contributed by atoms with van der Waals surface area (Å²) >= 11 is 0. The number of aromatic nitrogens is 1. The molecule has 1 saturated heterocycles. The molecule has 1 aromatic heterocycles. The highest BCUT2D eigenvalue weighted by Crippen LogP contribution is 2.31. The highest BCUT2D eigenvalue weighted by molar-refractivity contribution is 6.05. The smallest absolute Gasteiger partial charge is 0.255 e. The molecule has 6 nitrogen and oxygen atoms in total. The quantitative estimate of drug-likeness (QED) is 0.688. The molecule has 29 heavy (non-hydrogen) atoms. The monoisotopic (exact) mass is 385 g/mol. The molecular formula is C23H19N3O3. The Kier molecular flexibility index (Phi) is 3.94. The van der Waals surface area contributed by atoms with Crippen LogP contribution >= 0.6 is 0 Å². The minimum atomic E-state index is -0.599. The highest BCUT2D eigenvalue weighted by atomic mass is 16.2. The molecule has 0 radical (unpaired) electrons. The summed E-state index contributed by atoms with van der Waals surface area (Å²) in [5, 5.41) is 3.41. The summed E-state index contributed by atoms with van der Waals surface area (Å²) in [6, 6.07) is 15.3. The number of fused-ring (bicyclic) bond motifs is 2. The van der Waals surface area contributed by atoms with Gasteiger partial charge in [-0.25, -0.2) is 4.98 Å². The Morgan fingerprint density at radius 1 is 1.03 bits per heavy atom. The molecule has 3 amide bonds. The molecule has 0 saturated carbocycles. The molecule has 2 aliphatic rings. The molecule has 0 spiro atoms. The van der Waals surface area contributed by atoms with Crippen LogP contribution in [0.15, 0.2) is 48.5 Å². The minimum Gasteiger partial charge on any atom is -0.322 e. The molecule has 1 N–H and O–H groups in total. The second kappa shape index (κ2) is 6.51. The average Bonchev–Trinajstić information content (AvgIpc) is 3.03. The lowest BCUT2D eigenvalue weighted by molar-refractivity contribution is -0.136. The fourth-order valence-electron chi connectivity index (χ4n) is 4.12. The van der Waals surface area contributed by atoms with Gasteiger partial charge in [-0.15, -0.1) is 0 Å². The Morgan fingerprint density at radius 3 is 2.69 bits per heavy atom. The van der Waals surface area contributed by atoms with Crippen LogP contribution in [0, 0.1) is 6.92 Å². The standard InChI is InChI=1S/C23H19N3O3/c1-13-2-3-14-5-7-18(24-19(14)10-13)15-4-6-17-16(11-15)12-26(23(17)29)20-8-9-21(27)25-22(20)28/h2-7,10-11,20H,8-9,12H2,1H3,(H,25,27,28). The van der Waals surface area contributed by atoms with Crippen molar-refractivity contribution >= 4 is 28.6 Å². The number of pyridine rings is 1. The lowest BCUT2D eigenvalue weighted by atomic mass is 10.0. The van der Waals surface area contributed by atoms with Crippen molar-refractivity contribution in [2.24, 2.45) is 0 Å². The van der Waals surface area contributed by atoms with Crippen molar-refractivity contribution in [1.82, 2.24) is 15.2 Å². The summed E-state index contributed by atoms with van der Waals surface area (Å²) in [6.07, 6.45) is 0.616. The summed E-state index contributed by atoms with van der Waals surface area (Å²) in [4.78, 5) is 42.8. The Labute approximate surface area is 167 Å². The highest BCUT2D eigenvalue weighted by Gasteiger charge is 2.39. The molecule has 2 aliphatic heterocycles. The zero-order chi connectivity index (χ0) is 20.1. The van der Waals surface area contributed by atoms with Gasteiger partial charge in [0, 0.05) is 29.5 Å². The number of nitrogens with zero attached hydrogens (tertiary/aromatic N) is 2. The molecule has 1 unspecified atom stereocenters. The van der Waals surface area contributed by atoms with Crippen LogP contribution < -0.4 is 5.32 Å². The molecule has 144 valence electrons. The maximum atomic E-state index is 12.8. The third-order valence-electron chi connectivity index (χ3n) is 5.67. The summed E-state index contributed by atoms with van der Waals surface area (Å²) in [5.41, 5.74) is 5.35. The largest absolute Gasteiger partial charge is 0.322 e. The average molecular weight is 385 g/mol. The Morgan fingerprint density at radius 2 is 1.86 bits per heavy atom. The van der Waals surface area contributed by atoms with E-state index in [0.717, 1.165) is 33.3 Å². The van der Waals surface area contributed by atoms with E-state index in [4.69, 9.17) is 4.98 Å². The van der Waals surface area contributed by atoms with Gasteiger partial charge in [0.05, 0.1) is 11.2 Å². The number of imide groups is 1. The van der Waals surface area contributed by atoms with Crippen LogP contribution in [0.3, 0.4) is 0 Å². The number of benzene rings is 2. The van der Waals surface area contributed by atoms with Gasteiger partial charge in [0.15, 0.2) is 0 Å². The van der Waals surface area contributed by atoms with Crippen molar-refractivity contribution < 1.29 is 14.4 Å². The number of hydrogen-bond donors (Lipinski definition) is 1. The van der Waals surface area contributed by atoms with Crippen LogP contribution in [0.5, 0.6) is 0 Å². The van der Waals surface area contributed by atoms with Crippen LogP contribution in [0.4, 0.5) is 0 Å². The molecule has 1 atom stereocenters. The number of amides is 3. The summed E-state index contributed by atoms with van der Waals surface area (Å²) in [7, 11) is 0. The summed E-state index contributed by atoms with van der Waals surface area (Å²) in [6.45, 7) is 2.40. The first kappa shape index (κ1) is 17.6. The van der Waals surface area contributed by atoms with Gasteiger partial charge >= 0.3 is 0 Å². The van der Waals surface area contributed by atoms with Gasteiger partial charge < -0.3 is 4.90 Å². The summed E-state index contributed by atoms with van der Waals surface area (Å²) < 4.78 is 0. The zero-order valence-electron chi connectivity index (χ0n) is 15.9. The molecule has 0 bridgehead atoms. The first-order valence-corrected chi connectivity index (χ1v) is 9.65. The molecule has 2 aromatic carbocycles. The molecular weight excluding hydrogens is 366 g/mol. The van der Waals surface area contributed by atoms with Crippen LogP contribution in [0.2, 0.25) is 0 Å². The van der Waals surface area contributed by atoms with Crippen molar-refractivity contribution in [2.45, 2.75) is 32.4 Å². The molecule has 6 heteroatoms. The van der Waals surface area contributed by atoms with Crippen LogP contribution in [0.1, 0.15) is 34.3 Å². The lowest BCUT2D eigenvalue weighted by Crippen LogP contribution is -2.52. The van der Waals surface area contributed by atoms with E-state index < -0.39 is 11.9 Å². The fourth-order valence-corrected chi connectivity index (χ4v) is 4.12. The van der Waals surface area contributed by atoms with Gasteiger partial charge in [-0.05, 0) is 48.7 Å². The second-order valence-electron chi connectivity index (χ2n) is 7.66. The van der Waals surface area contributed by atoms with Crippen molar-refractivity contribution in [1.29, 1.82) is 0 Å². The van der Waals surface area contributed by atoms with Crippen molar-refractivity contribution in [3.63, 3.8) is 0 Å². The van der Waals surface area contributed by atoms with Crippen LogP contribution in [-0.2, 0) is 16.1 Å². The minimum absolute atomic E-state index is 0.164. The Bertz CT molecular complexity index is 1200. The molecule has 3 heterocycles. The van der Waals surface area contributed by atoms with Gasteiger partial charge in [0.25, 0.3) is 5.91 Å². The maximum Gasteiger partial charge on any atom is 0.255 e. The Hall–Kier alpha value is -3.54. The molecule has 0 aliphatic carbocycles. The van der Waals surface area contributed by atoms with Crippen LogP contribution in [0.25, 0.3) is 22.2 Å². The van der Waals surface area contributed by atoms with Gasteiger partial charge in [-0.2, -0.15) is 0 Å². The van der Waals surface area contributed by atoms with E-state index in [1.165, 1.54) is 0 Å². The first-order chi connectivity index (χ1) is 14.0. The topological polar surface area (TPSA) is 79.4 Å². The number of carbonyl (C=O) groups excluding carboxylic acids is 3. The van der Waals surface area contributed by atoms with Gasteiger partial charge in [-0.1, -0.05) is 24.3 Å². The number of aryl methyl sites for hydroxylation is 1. The van der Waals surface area contributed by atoms with E-state index in [0.29, 0.717) is 18.5 Å². The van der Waals surface area contributed by atoms with Crippen molar-refractivity contribution in [3.05, 3.63) is 65.2 Å². The molecule has 5 rings (SSSR count). The predicted octanol–water partition coefficient (Wildman–Crippen LogP) is 2.97. The van der Waals surface area contributed by atoms with E-state index >= 15 is 0 Å². The van der Waals surface area contributed by atoms with E-state index in [1.54, 1.807) is 11.0 Å².